The minimum Gasteiger partial charge on any atom is -0.480 e. The number of hydrogen-bond acceptors (Lipinski definition) is 7. The second-order valence-electron chi connectivity index (χ2n) is 12.4. The standard InChI is InChI=1S/C31H33NO7S/c1-30(2)14-22-28(24(33)16-30)27(29-23(32(22)18-26(35)36)15-31(3,4)17-25(29)34)19-9-8-10-20(13-19)39-40(37,38)21-11-6-5-7-12-21/h5-13,27H,14-18H2,1-4H3,(H,35,36). The van der Waals surface area contributed by atoms with Crippen LogP contribution in [0, 0.1) is 10.8 Å². The Morgan fingerprint density at radius 2 is 1.43 bits per heavy atom. The van der Waals surface area contributed by atoms with E-state index in [4.69, 9.17) is 4.18 Å². The van der Waals surface area contributed by atoms with Gasteiger partial charge in [-0.25, -0.2) is 0 Å². The monoisotopic (exact) mass is 563 g/mol. The van der Waals surface area contributed by atoms with Gasteiger partial charge in [-0.15, -0.1) is 0 Å². The van der Waals surface area contributed by atoms with Crippen LogP contribution in [-0.4, -0.2) is 42.5 Å². The molecule has 0 bridgehead atoms. The van der Waals surface area contributed by atoms with Gasteiger partial charge < -0.3 is 14.2 Å². The van der Waals surface area contributed by atoms with Crippen LogP contribution < -0.4 is 4.18 Å². The first-order chi connectivity index (χ1) is 18.7. The van der Waals surface area contributed by atoms with Crippen molar-refractivity contribution in [2.24, 2.45) is 10.8 Å². The fourth-order valence-electron chi connectivity index (χ4n) is 6.22. The molecule has 0 atom stereocenters. The van der Waals surface area contributed by atoms with E-state index < -0.39 is 32.8 Å². The Morgan fingerprint density at radius 1 is 0.875 bits per heavy atom. The van der Waals surface area contributed by atoms with Gasteiger partial charge in [-0.2, -0.15) is 8.42 Å². The molecular weight excluding hydrogens is 530 g/mol. The number of nitrogens with zero attached hydrogens (tertiary/aromatic N) is 1. The average Bonchev–Trinajstić information content (AvgIpc) is 2.83. The summed E-state index contributed by atoms with van der Waals surface area (Å²) in [6.45, 7) is 7.56. The highest BCUT2D eigenvalue weighted by Crippen LogP contribution is 2.54. The number of carboxylic acid groups (broad SMARTS) is 1. The lowest BCUT2D eigenvalue weighted by Crippen LogP contribution is -2.45. The second kappa shape index (κ2) is 9.73. The molecule has 0 spiro atoms. The highest BCUT2D eigenvalue weighted by molar-refractivity contribution is 7.87. The van der Waals surface area contributed by atoms with Crippen LogP contribution in [-0.2, 0) is 24.5 Å². The van der Waals surface area contributed by atoms with Gasteiger partial charge >= 0.3 is 16.1 Å². The molecule has 0 radical (unpaired) electrons. The Balaban J connectivity index is 1.68. The minimum absolute atomic E-state index is 0.00625. The molecule has 0 saturated heterocycles. The Labute approximate surface area is 234 Å². The lowest BCUT2D eigenvalue weighted by Gasteiger charge is -2.48. The summed E-state index contributed by atoms with van der Waals surface area (Å²) >= 11 is 0. The molecule has 0 saturated carbocycles. The van der Waals surface area contributed by atoms with Gasteiger partial charge in [0, 0.05) is 41.3 Å². The fourth-order valence-corrected chi connectivity index (χ4v) is 7.16. The van der Waals surface area contributed by atoms with Crippen LogP contribution in [0.3, 0.4) is 0 Å². The van der Waals surface area contributed by atoms with Crippen LogP contribution in [0.5, 0.6) is 5.75 Å². The first kappa shape index (κ1) is 27.8. The molecular formula is C31H33NO7S. The molecule has 0 amide bonds. The average molecular weight is 564 g/mol. The molecule has 2 aliphatic carbocycles. The molecule has 2 aromatic rings. The van der Waals surface area contributed by atoms with Gasteiger partial charge in [-0.1, -0.05) is 58.0 Å². The highest BCUT2D eigenvalue weighted by Gasteiger charge is 2.49. The molecule has 40 heavy (non-hydrogen) atoms. The highest BCUT2D eigenvalue weighted by atomic mass is 32.2. The molecule has 1 N–H and O–H groups in total. The molecule has 0 unspecified atom stereocenters. The number of carbonyl (C=O) groups excluding carboxylic acids is 2. The number of Topliss-reactive ketones (excluding diaryl/α,β-unsaturated/α-hetero) is 2. The third-order valence-corrected chi connectivity index (χ3v) is 9.01. The predicted molar refractivity (Wildman–Crippen MR) is 148 cm³/mol. The molecule has 0 fully saturated rings. The van der Waals surface area contributed by atoms with Crippen LogP contribution in [0.4, 0.5) is 0 Å². The van der Waals surface area contributed by atoms with Crippen LogP contribution in [0.2, 0.25) is 0 Å². The molecule has 1 aliphatic heterocycles. The van der Waals surface area contributed by atoms with Crippen molar-refractivity contribution < 1.29 is 32.1 Å². The normalized spacial score (nSPS) is 20.8. The summed E-state index contributed by atoms with van der Waals surface area (Å²) in [5.41, 5.74) is 1.85. The predicted octanol–water partition coefficient (Wildman–Crippen LogP) is 5.22. The van der Waals surface area contributed by atoms with Crippen LogP contribution in [0.1, 0.15) is 64.9 Å². The van der Waals surface area contributed by atoms with E-state index in [1.54, 1.807) is 41.3 Å². The molecule has 3 aliphatic rings. The van der Waals surface area contributed by atoms with Gasteiger partial charge in [0.25, 0.3) is 0 Å². The zero-order valence-corrected chi connectivity index (χ0v) is 23.9. The first-order valence-electron chi connectivity index (χ1n) is 13.3. The minimum atomic E-state index is -4.11. The third-order valence-electron chi connectivity index (χ3n) is 7.74. The Kier molecular flexibility index (Phi) is 6.77. The second-order valence-corrected chi connectivity index (χ2v) is 14.0. The van der Waals surface area contributed by atoms with Gasteiger partial charge in [-0.3, -0.25) is 14.4 Å². The van der Waals surface area contributed by atoms with Crippen LogP contribution in [0.25, 0.3) is 0 Å². The summed E-state index contributed by atoms with van der Waals surface area (Å²) in [5, 5.41) is 9.83. The summed E-state index contributed by atoms with van der Waals surface area (Å²) in [7, 11) is -4.11. The Morgan fingerprint density at radius 3 is 1.95 bits per heavy atom. The summed E-state index contributed by atoms with van der Waals surface area (Å²) < 4.78 is 31.3. The van der Waals surface area contributed by atoms with Crippen molar-refractivity contribution >= 4 is 27.7 Å². The van der Waals surface area contributed by atoms with E-state index in [2.05, 4.69) is 0 Å². The van der Waals surface area contributed by atoms with Crippen molar-refractivity contribution in [3.8, 4) is 5.75 Å². The number of carboxylic acids is 1. The van der Waals surface area contributed by atoms with Crippen LogP contribution in [0.15, 0.2) is 82.0 Å². The lowest BCUT2D eigenvalue weighted by atomic mass is 9.63. The van der Waals surface area contributed by atoms with E-state index in [-0.39, 0.29) is 41.6 Å². The van der Waals surface area contributed by atoms with Gasteiger partial charge in [-0.05, 0) is 53.5 Å². The maximum atomic E-state index is 13.8. The maximum Gasteiger partial charge on any atom is 0.339 e. The molecule has 2 aromatic carbocycles. The summed E-state index contributed by atoms with van der Waals surface area (Å²) in [6, 6.07) is 14.3. The maximum absolute atomic E-state index is 13.8. The van der Waals surface area contributed by atoms with Gasteiger partial charge in [0.05, 0.1) is 0 Å². The number of carbonyl (C=O) groups is 3. The molecule has 210 valence electrons. The molecule has 9 heteroatoms. The number of allylic oxidation sites excluding steroid dienone is 4. The van der Waals surface area contributed by atoms with Crippen molar-refractivity contribution in [2.75, 3.05) is 6.54 Å². The van der Waals surface area contributed by atoms with Crippen molar-refractivity contribution in [1.29, 1.82) is 0 Å². The lowest BCUT2D eigenvalue weighted by molar-refractivity contribution is -0.138. The zero-order chi connectivity index (χ0) is 29.0. The summed E-state index contributed by atoms with van der Waals surface area (Å²) in [5.74, 6) is -2.01. The van der Waals surface area contributed by atoms with E-state index in [0.29, 0.717) is 40.9 Å². The van der Waals surface area contributed by atoms with Crippen molar-refractivity contribution in [2.45, 2.75) is 64.2 Å². The molecule has 5 rings (SSSR count). The SMILES string of the molecule is CC1(C)CC(=O)C2=C(C1)N(CC(=O)O)C1=C(C(=O)CC(C)(C)C1)C2c1cccc(OS(=O)(=O)c2ccccc2)c1. The van der Waals surface area contributed by atoms with E-state index in [1.807, 2.05) is 27.7 Å². The number of benzene rings is 2. The fraction of sp³-hybridized carbons (Fsp3) is 0.387. The largest absolute Gasteiger partial charge is 0.480 e. The van der Waals surface area contributed by atoms with Gasteiger partial charge in [0.2, 0.25) is 0 Å². The summed E-state index contributed by atoms with van der Waals surface area (Å²) in [6.07, 6.45) is 1.46. The quantitative estimate of drug-likeness (QED) is 0.475. The summed E-state index contributed by atoms with van der Waals surface area (Å²) in [4.78, 5) is 41.3. The smallest absolute Gasteiger partial charge is 0.339 e. The Bertz CT molecular complexity index is 1530. The topological polar surface area (TPSA) is 118 Å². The van der Waals surface area contributed by atoms with Gasteiger partial charge in [0.15, 0.2) is 11.6 Å². The van der Waals surface area contributed by atoms with E-state index in [1.165, 1.54) is 18.2 Å². The number of ketones is 2. The van der Waals surface area contributed by atoms with E-state index in [0.717, 1.165) is 0 Å². The van der Waals surface area contributed by atoms with Crippen molar-refractivity contribution in [1.82, 2.24) is 4.90 Å². The van der Waals surface area contributed by atoms with Crippen molar-refractivity contribution in [3.05, 3.63) is 82.7 Å². The zero-order valence-electron chi connectivity index (χ0n) is 23.1. The van der Waals surface area contributed by atoms with Crippen LogP contribution >= 0.6 is 0 Å². The van der Waals surface area contributed by atoms with Crippen molar-refractivity contribution in [3.63, 3.8) is 0 Å². The molecule has 1 heterocycles. The molecule has 0 aromatic heterocycles. The molecule has 8 nitrogen and oxygen atoms in total. The number of hydrogen-bond donors (Lipinski definition) is 1. The van der Waals surface area contributed by atoms with E-state index in [9.17, 15) is 27.9 Å². The Hall–Kier alpha value is -3.72. The number of aliphatic carboxylic acids is 1. The van der Waals surface area contributed by atoms with Gasteiger partial charge in [0.1, 0.15) is 17.2 Å². The first-order valence-corrected chi connectivity index (χ1v) is 14.7. The van der Waals surface area contributed by atoms with E-state index >= 15 is 0 Å². The third kappa shape index (κ3) is 5.22. The number of rotatable bonds is 6.